The molecule has 0 aliphatic carbocycles. The zero-order valence-corrected chi connectivity index (χ0v) is 9.38. The van der Waals surface area contributed by atoms with E-state index in [0.29, 0.717) is 0 Å². The van der Waals surface area contributed by atoms with Crippen LogP contribution in [0.3, 0.4) is 0 Å². The highest BCUT2D eigenvalue weighted by atomic mass is 16.4. The van der Waals surface area contributed by atoms with E-state index in [4.69, 9.17) is 10.2 Å². The summed E-state index contributed by atoms with van der Waals surface area (Å²) in [4.78, 5) is 26.3. The van der Waals surface area contributed by atoms with Gasteiger partial charge in [0.05, 0.1) is 5.56 Å². The Balaban J connectivity index is 2.78. The van der Waals surface area contributed by atoms with Gasteiger partial charge in [0, 0.05) is 19.3 Å². The Morgan fingerprint density at radius 1 is 1.53 bits per heavy atom. The molecule has 0 saturated carbocycles. The van der Waals surface area contributed by atoms with Crippen LogP contribution in [0.25, 0.3) is 0 Å². The van der Waals surface area contributed by atoms with Crippen LogP contribution in [0.2, 0.25) is 0 Å². The fraction of sp³-hybridized carbons (Fsp3) is 0.364. The number of hydrogen-bond acceptors (Lipinski definition) is 4. The van der Waals surface area contributed by atoms with Crippen molar-refractivity contribution in [3.05, 3.63) is 29.6 Å². The number of aromatic carboxylic acids is 1. The molecule has 1 aromatic heterocycles. The maximum atomic E-state index is 11.7. The lowest BCUT2D eigenvalue weighted by atomic mass is 10.1. The van der Waals surface area contributed by atoms with E-state index in [2.05, 4.69) is 10.3 Å². The summed E-state index contributed by atoms with van der Waals surface area (Å²) in [5.74, 6) is -1.84. The number of nitrogens with one attached hydrogen (secondary N) is 1. The molecule has 1 heterocycles. The molecule has 6 nitrogen and oxygen atoms in total. The quantitative estimate of drug-likeness (QED) is 0.677. The molecule has 92 valence electrons. The van der Waals surface area contributed by atoms with Crippen LogP contribution < -0.4 is 5.32 Å². The summed E-state index contributed by atoms with van der Waals surface area (Å²) >= 11 is 0. The first-order valence-corrected chi connectivity index (χ1v) is 5.13. The van der Waals surface area contributed by atoms with Gasteiger partial charge in [-0.15, -0.1) is 0 Å². The Labute approximate surface area is 98.3 Å². The Kier molecular flexibility index (Phi) is 4.59. The number of aliphatic hydroxyl groups excluding tert-OH is 1. The number of carboxylic acid groups (broad SMARTS) is 1. The first-order chi connectivity index (χ1) is 8.06. The van der Waals surface area contributed by atoms with Gasteiger partial charge >= 0.3 is 5.97 Å². The molecule has 0 aromatic carbocycles. The lowest BCUT2D eigenvalue weighted by Gasteiger charge is -2.10. The minimum Gasteiger partial charge on any atom is -0.478 e. The van der Waals surface area contributed by atoms with Crippen LogP contribution in [-0.4, -0.2) is 40.2 Å². The number of hydrogen-bond donors (Lipinski definition) is 3. The van der Waals surface area contributed by atoms with Crippen molar-refractivity contribution in [3.8, 4) is 0 Å². The third kappa shape index (κ3) is 3.53. The van der Waals surface area contributed by atoms with E-state index in [1.165, 1.54) is 18.3 Å². The maximum absolute atomic E-state index is 11.7. The van der Waals surface area contributed by atoms with Crippen molar-refractivity contribution in [2.75, 3.05) is 13.2 Å². The van der Waals surface area contributed by atoms with Gasteiger partial charge in [0.2, 0.25) is 0 Å². The van der Waals surface area contributed by atoms with Crippen molar-refractivity contribution < 1.29 is 19.8 Å². The van der Waals surface area contributed by atoms with Gasteiger partial charge in [-0.2, -0.15) is 0 Å². The molecule has 0 aliphatic rings. The molecule has 3 N–H and O–H groups in total. The first-order valence-electron chi connectivity index (χ1n) is 5.13. The molecular weight excluding hydrogens is 224 g/mol. The van der Waals surface area contributed by atoms with Crippen molar-refractivity contribution >= 4 is 11.9 Å². The van der Waals surface area contributed by atoms with Crippen molar-refractivity contribution in [2.45, 2.75) is 6.92 Å². The number of carbonyl (C=O) groups excluding carboxylic acids is 1. The third-order valence-corrected chi connectivity index (χ3v) is 2.18. The molecule has 1 rings (SSSR count). The zero-order chi connectivity index (χ0) is 12.8. The van der Waals surface area contributed by atoms with Crippen molar-refractivity contribution in [3.63, 3.8) is 0 Å². The summed E-state index contributed by atoms with van der Waals surface area (Å²) in [5, 5.41) is 20.2. The predicted molar refractivity (Wildman–Crippen MR) is 59.8 cm³/mol. The molecule has 1 amide bonds. The van der Waals surface area contributed by atoms with Gasteiger partial charge in [0.25, 0.3) is 5.91 Å². The van der Waals surface area contributed by atoms with Crippen LogP contribution in [0.5, 0.6) is 0 Å². The fourth-order valence-electron chi connectivity index (χ4n) is 1.17. The highest BCUT2D eigenvalue weighted by Crippen LogP contribution is 2.05. The zero-order valence-electron chi connectivity index (χ0n) is 9.38. The SMILES string of the molecule is CC(CO)CNC(=O)c1ncccc1C(=O)O. The van der Waals surface area contributed by atoms with Gasteiger partial charge in [0.1, 0.15) is 5.69 Å². The average molecular weight is 238 g/mol. The van der Waals surface area contributed by atoms with Gasteiger partial charge in [-0.25, -0.2) is 4.79 Å². The van der Waals surface area contributed by atoms with E-state index >= 15 is 0 Å². The standard InChI is InChI=1S/C11H14N2O4/c1-7(6-14)5-13-10(15)9-8(11(16)17)3-2-4-12-9/h2-4,7,14H,5-6H2,1H3,(H,13,15)(H,16,17). The fourth-order valence-corrected chi connectivity index (χ4v) is 1.17. The molecular formula is C11H14N2O4. The number of carboxylic acids is 1. The van der Waals surface area contributed by atoms with Crippen LogP contribution in [-0.2, 0) is 0 Å². The summed E-state index contributed by atoms with van der Waals surface area (Å²) in [6.45, 7) is 1.98. The molecule has 6 heteroatoms. The van der Waals surface area contributed by atoms with Gasteiger partial charge < -0.3 is 15.5 Å². The van der Waals surface area contributed by atoms with Crippen LogP contribution in [0, 0.1) is 5.92 Å². The lowest BCUT2D eigenvalue weighted by Crippen LogP contribution is -2.31. The summed E-state index contributed by atoms with van der Waals surface area (Å²) in [7, 11) is 0. The summed E-state index contributed by atoms with van der Waals surface area (Å²) in [6, 6.07) is 2.77. The minimum absolute atomic E-state index is 0.0473. The smallest absolute Gasteiger partial charge is 0.338 e. The molecule has 0 fully saturated rings. The Bertz CT molecular complexity index is 420. The number of amides is 1. The van der Waals surface area contributed by atoms with Gasteiger partial charge in [-0.05, 0) is 18.1 Å². The van der Waals surface area contributed by atoms with E-state index in [1.807, 2.05) is 0 Å². The monoisotopic (exact) mass is 238 g/mol. The average Bonchev–Trinajstić information content (AvgIpc) is 2.35. The Morgan fingerprint density at radius 3 is 2.82 bits per heavy atom. The maximum Gasteiger partial charge on any atom is 0.338 e. The topological polar surface area (TPSA) is 99.5 Å². The van der Waals surface area contributed by atoms with Gasteiger partial charge in [-0.1, -0.05) is 6.92 Å². The van der Waals surface area contributed by atoms with E-state index in [1.54, 1.807) is 6.92 Å². The minimum atomic E-state index is -1.20. The van der Waals surface area contributed by atoms with Gasteiger partial charge in [0.15, 0.2) is 0 Å². The third-order valence-electron chi connectivity index (χ3n) is 2.18. The number of carbonyl (C=O) groups is 2. The second-order valence-electron chi connectivity index (χ2n) is 3.70. The molecule has 0 spiro atoms. The Morgan fingerprint density at radius 2 is 2.24 bits per heavy atom. The highest BCUT2D eigenvalue weighted by molar-refractivity contribution is 6.03. The number of rotatable bonds is 5. The number of aliphatic hydroxyl groups is 1. The summed E-state index contributed by atoms with van der Waals surface area (Å²) < 4.78 is 0. The largest absolute Gasteiger partial charge is 0.478 e. The van der Waals surface area contributed by atoms with Crippen LogP contribution in [0.4, 0.5) is 0 Å². The number of pyridine rings is 1. The van der Waals surface area contributed by atoms with Crippen molar-refractivity contribution in [1.82, 2.24) is 10.3 Å². The lowest BCUT2D eigenvalue weighted by molar-refractivity contribution is 0.0689. The van der Waals surface area contributed by atoms with Crippen LogP contribution in [0.1, 0.15) is 27.8 Å². The molecule has 1 aromatic rings. The molecule has 0 radical (unpaired) electrons. The highest BCUT2D eigenvalue weighted by Gasteiger charge is 2.17. The van der Waals surface area contributed by atoms with Crippen LogP contribution >= 0.6 is 0 Å². The molecule has 0 bridgehead atoms. The number of nitrogens with zero attached hydrogens (tertiary/aromatic N) is 1. The second kappa shape index (κ2) is 5.95. The van der Waals surface area contributed by atoms with E-state index in [-0.39, 0.29) is 30.3 Å². The normalized spacial score (nSPS) is 11.9. The second-order valence-corrected chi connectivity index (χ2v) is 3.70. The summed E-state index contributed by atoms with van der Waals surface area (Å²) in [5.41, 5.74) is -0.258. The molecule has 1 unspecified atom stereocenters. The van der Waals surface area contributed by atoms with E-state index in [0.717, 1.165) is 0 Å². The van der Waals surface area contributed by atoms with Gasteiger partial charge in [-0.3, -0.25) is 9.78 Å². The molecule has 17 heavy (non-hydrogen) atoms. The molecule has 0 aliphatic heterocycles. The molecule has 0 saturated heterocycles. The summed E-state index contributed by atoms with van der Waals surface area (Å²) in [6.07, 6.45) is 1.36. The molecule has 1 atom stereocenters. The Hall–Kier alpha value is -1.95. The van der Waals surface area contributed by atoms with E-state index < -0.39 is 11.9 Å². The van der Waals surface area contributed by atoms with E-state index in [9.17, 15) is 9.59 Å². The first kappa shape index (κ1) is 13.1. The van der Waals surface area contributed by atoms with Crippen LogP contribution in [0.15, 0.2) is 18.3 Å². The number of aromatic nitrogens is 1. The predicted octanol–water partition coefficient (Wildman–Crippen LogP) is 0.138. The van der Waals surface area contributed by atoms with Crippen molar-refractivity contribution in [2.24, 2.45) is 5.92 Å². The van der Waals surface area contributed by atoms with Crippen molar-refractivity contribution in [1.29, 1.82) is 0 Å².